The Hall–Kier alpha value is -2.64. The first-order valence-corrected chi connectivity index (χ1v) is 11.1. The van der Waals surface area contributed by atoms with Crippen molar-refractivity contribution in [1.29, 1.82) is 0 Å². The molecule has 7 nitrogen and oxygen atoms in total. The molecular weight excluding hydrogens is 406 g/mol. The molecule has 0 atom stereocenters. The minimum absolute atomic E-state index is 0.00767. The molecular formula is C25H37N3O4. The summed E-state index contributed by atoms with van der Waals surface area (Å²) in [4.78, 5) is 25.3. The molecule has 0 spiro atoms. The van der Waals surface area contributed by atoms with Gasteiger partial charge < -0.3 is 25.0 Å². The Morgan fingerprint density at radius 1 is 1.25 bits per heavy atom. The van der Waals surface area contributed by atoms with Crippen molar-refractivity contribution in [3.05, 3.63) is 41.6 Å². The Morgan fingerprint density at radius 2 is 1.97 bits per heavy atom. The van der Waals surface area contributed by atoms with Crippen LogP contribution in [0.3, 0.4) is 0 Å². The molecule has 1 saturated carbocycles. The van der Waals surface area contributed by atoms with E-state index in [9.17, 15) is 9.59 Å². The number of nitrogens with one attached hydrogen (secondary N) is 2. The molecule has 0 bridgehead atoms. The maximum absolute atomic E-state index is 12.7. The third kappa shape index (κ3) is 7.80. The highest BCUT2D eigenvalue weighted by Gasteiger charge is 2.34. The number of nitrogens with zero attached hydrogens (tertiary/aromatic N) is 1. The normalized spacial score (nSPS) is 18.0. The van der Waals surface area contributed by atoms with Crippen LogP contribution >= 0.6 is 0 Å². The monoisotopic (exact) mass is 443 g/mol. The average molecular weight is 444 g/mol. The summed E-state index contributed by atoms with van der Waals surface area (Å²) in [5, 5.41) is 6.46. The van der Waals surface area contributed by atoms with Crippen LogP contribution in [0, 0.1) is 5.92 Å². The standard InChI is InChI=1S/C25H37N3O4/c1-17(2)11-21(15-28(5)16-29)19-7-8-23(24(14-19)26-9-10-32-18(3)4)27-25(30)20-12-22(13-20)31-6/h7-8,11,14-16,18,20,22,26H,9-10,12-13H2,1-6H3,(H,27,30)/b21-15+. The lowest BCUT2D eigenvalue weighted by Crippen LogP contribution is -2.38. The van der Waals surface area contributed by atoms with Gasteiger partial charge in [-0.3, -0.25) is 9.59 Å². The van der Waals surface area contributed by atoms with Crippen LogP contribution in [0.5, 0.6) is 0 Å². The van der Waals surface area contributed by atoms with Crippen LogP contribution in [0.4, 0.5) is 11.4 Å². The van der Waals surface area contributed by atoms with Crippen LogP contribution < -0.4 is 10.6 Å². The van der Waals surface area contributed by atoms with Crippen molar-refractivity contribution in [2.75, 3.05) is 37.9 Å². The van der Waals surface area contributed by atoms with E-state index in [0.717, 1.165) is 47.3 Å². The predicted octanol–water partition coefficient (Wildman–Crippen LogP) is 4.28. The molecule has 1 aromatic rings. The molecule has 1 aliphatic carbocycles. The van der Waals surface area contributed by atoms with Gasteiger partial charge in [0.05, 0.1) is 30.2 Å². The van der Waals surface area contributed by atoms with Gasteiger partial charge in [0.2, 0.25) is 12.3 Å². The van der Waals surface area contributed by atoms with Crippen molar-refractivity contribution in [3.63, 3.8) is 0 Å². The van der Waals surface area contributed by atoms with E-state index >= 15 is 0 Å². The van der Waals surface area contributed by atoms with Crippen LogP contribution in [-0.4, -0.2) is 56.7 Å². The Morgan fingerprint density at radius 3 is 2.56 bits per heavy atom. The number of hydrogen-bond acceptors (Lipinski definition) is 5. The van der Waals surface area contributed by atoms with Crippen LogP contribution in [0.25, 0.3) is 5.57 Å². The summed E-state index contributed by atoms with van der Waals surface area (Å²) in [5.74, 6) is -0.0209. The molecule has 1 fully saturated rings. The second-order valence-corrected chi connectivity index (χ2v) is 8.70. The van der Waals surface area contributed by atoms with Crippen molar-refractivity contribution < 1.29 is 19.1 Å². The molecule has 1 aliphatic rings. The first-order valence-electron chi connectivity index (χ1n) is 11.1. The number of ether oxygens (including phenoxy) is 2. The quantitative estimate of drug-likeness (QED) is 0.286. The van der Waals surface area contributed by atoms with Gasteiger partial charge in [0.25, 0.3) is 0 Å². The van der Waals surface area contributed by atoms with E-state index in [4.69, 9.17) is 9.47 Å². The van der Waals surface area contributed by atoms with E-state index in [-0.39, 0.29) is 24.0 Å². The summed E-state index contributed by atoms with van der Waals surface area (Å²) in [7, 11) is 3.38. The van der Waals surface area contributed by atoms with E-state index in [2.05, 4.69) is 10.6 Å². The van der Waals surface area contributed by atoms with Gasteiger partial charge in [-0.15, -0.1) is 0 Å². The second-order valence-electron chi connectivity index (χ2n) is 8.70. The molecule has 0 radical (unpaired) electrons. The summed E-state index contributed by atoms with van der Waals surface area (Å²) in [6.07, 6.45) is 6.40. The van der Waals surface area contributed by atoms with Gasteiger partial charge in [0.15, 0.2) is 0 Å². The number of benzene rings is 1. The van der Waals surface area contributed by atoms with E-state index in [1.807, 2.05) is 52.0 Å². The summed E-state index contributed by atoms with van der Waals surface area (Å²) in [6, 6.07) is 5.85. The smallest absolute Gasteiger partial charge is 0.227 e. The number of amides is 2. The molecule has 0 aromatic heterocycles. The molecule has 176 valence electrons. The maximum Gasteiger partial charge on any atom is 0.227 e. The first kappa shape index (κ1) is 25.6. The second kappa shape index (κ2) is 12.4. The highest BCUT2D eigenvalue weighted by molar-refractivity contribution is 5.97. The molecule has 2 N–H and O–H groups in total. The third-order valence-electron chi connectivity index (χ3n) is 5.23. The fourth-order valence-electron chi connectivity index (χ4n) is 3.42. The number of rotatable bonds is 12. The Kier molecular flexibility index (Phi) is 9.94. The van der Waals surface area contributed by atoms with E-state index in [1.165, 1.54) is 4.90 Å². The van der Waals surface area contributed by atoms with Crippen molar-refractivity contribution in [1.82, 2.24) is 4.90 Å². The van der Waals surface area contributed by atoms with Crippen molar-refractivity contribution in [3.8, 4) is 0 Å². The lowest BCUT2D eigenvalue weighted by Gasteiger charge is -2.33. The third-order valence-corrected chi connectivity index (χ3v) is 5.23. The van der Waals surface area contributed by atoms with Crippen LogP contribution in [0.15, 0.2) is 36.0 Å². The topological polar surface area (TPSA) is 79.9 Å². The minimum Gasteiger partial charge on any atom is -0.381 e. The van der Waals surface area contributed by atoms with Gasteiger partial charge in [0, 0.05) is 32.8 Å². The Bertz CT molecular complexity index is 838. The SMILES string of the molecule is COC1CC(C(=O)Nc2ccc(/C(C=C(C)C)=C/N(C)C=O)cc2NCCOC(C)C)C1. The zero-order chi connectivity index (χ0) is 23.7. The highest BCUT2D eigenvalue weighted by Crippen LogP contribution is 2.33. The van der Waals surface area contributed by atoms with Crippen LogP contribution in [0.1, 0.15) is 46.1 Å². The molecule has 7 heteroatoms. The van der Waals surface area contributed by atoms with E-state index < -0.39 is 0 Å². The molecule has 0 heterocycles. The van der Waals surface area contributed by atoms with Crippen LogP contribution in [0.2, 0.25) is 0 Å². The minimum atomic E-state index is -0.0286. The summed E-state index contributed by atoms with van der Waals surface area (Å²) < 4.78 is 10.9. The van der Waals surface area contributed by atoms with Crippen molar-refractivity contribution in [2.24, 2.45) is 5.92 Å². The number of carbonyl (C=O) groups is 2. The Labute approximate surface area is 191 Å². The fraction of sp³-hybridized carbons (Fsp3) is 0.520. The van der Waals surface area contributed by atoms with Gasteiger partial charge in [-0.05, 0) is 63.8 Å². The summed E-state index contributed by atoms with van der Waals surface area (Å²) in [5.41, 5.74) is 4.50. The summed E-state index contributed by atoms with van der Waals surface area (Å²) in [6.45, 7) is 9.18. The molecule has 2 rings (SSSR count). The van der Waals surface area contributed by atoms with E-state index in [0.29, 0.717) is 13.2 Å². The van der Waals surface area contributed by atoms with Crippen molar-refractivity contribution >= 4 is 29.3 Å². The van der Waals surface area contributed by atoms with Gasteiger partial charge >= 0.3 is 0 Å². The largest absolute Gasteiger partial charge is 0.381 e. The van der Waals surface area contributed by atoms with Gasteiger partial charge in [0.1, 0.15) is 0 Å². The molecule has 0 aliphatic heterocycles. The number of allylic oxidation sites excluding steroid dienone is 3. The van der Waals surface area contributed by atoms with Gasteiger partial charge in [-0.2, -0.15) is 0 Å². The van der Waals surface area contributed by atoms with Gasteiger partial charge in [-0.25, -0.2) is 0 Å². The number of carbonyl (C=O) groups excluding carboxylic acids is 2. The number of hydrogen-bond donors (Lipinski definition) is 2. The fourth-order valence-corrected chi connectivity index (χ4v) is 3.42. The highest BCUT2D eigenvalue weighted by atomic mass is 16.5. The molecule has 2 amide bonds. The van der Waals surface area contributed by atoms with Crippen molar-refractivity contribution in [2.45, 2.75) is 52.7 Å². The van der Waals surface area contributed by atoms with Crippen LogP contribution in [-0.2, 0) is 19.1 Å². The molecule has 32 heavy (non-hydrogen) atoms. The molecule has 0 saturated heterocycles. The maximum atomic E-state index is 12.7. The number of anilines is 2. The molecule has 0 unspecified atom stereocenters. The Balaban J connectivity index is 2.28. The summed E-state index contributed by atoms with van der Waals surface area (Å²) >= 11 is 0. The lowest BCUT2D eigenvalue weighted by atomic mass is 9.81. The number of methoxy groups -OCH3 is 1. The van der Waals surface area contributed by atoms with E-state index in [1.54, 1.807) is 20.4 Å². The zero-order valence-electron chi connectivity index (χ0n) is 20.1. The predicted molar refractivity (Wildman–Crippen MR) is 129 cm³/mol. The average Bonchev–Trinajstić information content (AvgIpc) is 2.70. The molecule has 1 aromatic carbocycles. The zero-order valence-corrected chi connectivity index (χ0v) is 20.1. The first-order chi connectivity index (χ1) is 15.2. The lowest BCUT2D eigenvalue weighted by molar-refractivity contribution is -0.127. The van der Waals surface area contributed by atoms with Gasteiger partial charge in [-0.1, -0.05) is 17.7 Å².